The summed E-state index contributed by atoms with van der Waals surface area (Å²) in [6.07, 6.45) is 1.18. The van der Waals surface area contributed by atoms with Gasteiger partial charge in [-0.2, -0.15) is 0 Å². The maximum atomic E-state index is 11.2. The van der Waals surface area contributed by atoms with Crippen LogP contribution in [0.1, 0.15) is 18.4 Å². The highest BCUT2D eigenvalue weighted by Gasteiger charge is 2.27. The first-order chi connectivity index (χ1) is 13.1. The Hall–Kier alpha value is -3.15. The van der Waals surface area contributed by atoms with Crippen LogP contribution in [-0.4, -0.2) is 34.1 Å². The molecule has 1 N–H and O–H groups in total. The highest BCUT2D eigenvalue weighted by atomic mass is 16.5. The van der Waals surface area contributed by atoms with E-state index in [1.165, 1.54) is 0 Å². The van der Waals surface area contributed by atoms with Crippen LogP contribution in [0.5, 0.6) is 11.6 Å². The van der Waals surface area contributed by atoms with Crippen LogP contribution in [0.4, 0.5) is 5.82 Å². The summed E-state index contributed by atoms with van der Waals surface area (Å²) in [7, 11) is 0. The van der Waals surface area contributed by atoms with Crippen LogP contribution in [0.15, 0.2) is 48.5 Å². The molecule has 2 heterocycles. The van der Waals surface area contributed by atoms with Crippen LogP contribution in [0.25, 0.3) is 11.0 Å². The molecule has 0 spiro atoms. The molecule has 6 nitrogen and oxygen atoms in total. The van der Waals surface area contributed by atoms with Gasteiger partial charge in [0.05, 0.1) is 17.0 Å². The van der Waals surface area contributed by atoms with Gasteiger partial charge in [-0.05, 0) is 43.5 Å². The van der Waals surface area contributed by atoms with Gasteiger partial charge in [0.25, 0.3) is 5.88 Å². The van der Waals surface area contributed by atoms with Crippen molar-refractivity contribution in [1.82, 2.24) is 9.97 Å². The van der Waals surface area contributed by atoms with E-state index in [-0.39, 0.29) is 5.92 Å². The Labute approximate surface area is 157 Å². The highest BCUT2D eigenvalue weighted by molar-refractivity contribution is 5.78. The lowest BCUT2D eigenvalue weighted by Gasteiger charge is -2.31. The molecular weight excluding hydrogens is 342 g/mol. The summed E-state index contributed by atoms with van der Waals surface area (Å²) >= 11 is 0. The number of hydrogen-bond donors (Lipinski definition) is 1. The Kier molecular flexibility index (Phi) is 4.62. The lowest BCUT2D eigenvalue weighted by molar-refractivity contribution is -0.142. The summed E-state index contributed by atoms with van der Waals surface area (Å²) in [5, 5.41) is 9.25. The second-order valence-corrected chi connectivity index (χ2v) is 6.81. The van der Waals surface area contributed by atoms with Crippen LogP contribution >= 0.6 is 0 Å². The molecular formula is C21H21N3O3. The summed E-state index contributed by atoms with van der Waals surface area (Å²) < 4.78 is 6.14. The molecule has 138 valence electrons. The zero-order valence-corrected chi connectivity index (χ0v) is 15.1. The number of carbonyl (C=O) groups is 1. The van der Waals surface area contributed by atoms with E-state index in [0.717, 1.165) is 22.3 Å². The van der Waals surface area contributed by atoms with Gasteiger partial charge in [0, 0.05) is 13.1 Å². The van der Waals surface area contributed by atoms with Crippen molar-refractivity contribution in [2.24, 2.45) is 5.92 Å². The van der Waals surface area contributed by atoms with Crippen LogP contribution in [0.2, 0.25) is 0 Å². The molecule has 1 aromatic heterocycles. The smallest absolute Gasteiger partial charge is 0.306 e. The zero-order chi connectivity index (χ0) is 18.8. The molecule has 4 rings (SSSR count). The SMILES string of the molecule is Cc1ccccc1Oc1nc2ccccc2nc1N1CCC(C(=O)O)CC1. The fraction of sp³-hybridized carbons (Fsp3) is 0.286. The molecule has 0 amide bonds. The van der Waals surface area contributed by atoms with Gasteiger partial charge in [-0.1, -0.05) is 30.3 Å². The van der Waals surface area contributed by atoms with Crippen molar-refractivity contribution in [1.29, 1.82) is 0 Å². The molecule has 1 saturated heterocycles. The first-order valence-corrected chi connectivity index (χ1v) is 9.10. The second kappa shape index (κ2) is 7.23. The minimum absolute atomic E-state index is 0.296. The fourth-order valence-corrected chi connectivity index (χ4v) is 3.36. The van der Waals surface area contributed by atoms with E-state index in [9.17, 15) is 9.90 Å². The molecule has 0 radical (unpaired) electrons. The number of nitrogens with zero attached hydrogens (tertiary/aromatic N) is 3. The van der Waals surface area contributed by atoms with Crippen LogP contribution in [0, 0.1) is 12.8 Å². The average Bonchev–Trinajstić information content (AvgIpc) is 2.69. The summed E-state index contributed by atoms with van der Waals surface area (Å²) in [6.45, 7) is 3.23. The number of carboxylic acid groups (broad SMARTS) is 1. The summed E-state index contributed by atoms with van der Waals surface area (Å²) in [6, 6.07) is 15.5. The summed E-state index contributed by atoms with van der Waals surface area (Å²) in [5.41, 5.74) is 2.58. The van der Waals surface area contributed by atoms with Gasteiger partial charge in [0.2, 0.25) is 0 Å². The predicted molar refractivity (Wildman–Crippen MR) is 103 cm³/mol. The van der Waals surface area contributed by atoms with Crippen molar-refractivity contribution in [3.8, 4) is 11.6 Å². The number of para-hydroxylation sites is 3. The lowest BCUT2D eigenvalue weighted by atomic mass is 9.97. The number of hydrogen-bond acceptors (Lipinski definition) is 5. The minimum Gasteiger partial charge on any atom is -0.481 e. The van der Waals surface area contributed by atoms with Crippen molar-refractivity contribution in [3.63, 3.8) is 0 Å². The second-order valence-electron chi connectivity index (χ2n) is 6.81. The van der Waals surface area contributed by atoms with E-state index < -0.39 is 5.97 Å². The number of rotatable bonds is 4. The van der Waals surface area contributed by atoms with Crippen LogP contribution in [-0.2, 0) is 4.79 Å². The van der Waals surface area contributed by atoms with E-state index in [1.807, 2.05) is 55.5 Å². The van der Waals surface area contributed by atoms with Gasteiger partial charge in [0.1, 0.15) is 5.75 Å². The zero-order valence-electron chi connectivity index (χ0n) is 15.1. The lowest BCUT2D eigenvalue weighted by Crippen LogP contribution is -2.37. The van der Waals surface area contributed by atoms with Gasteiger partial charge in [-0.25, -0.2) is 9.97 Å². The molecule has 1 aliphatic heterocycles. The molecule has 3 aromatic rings. The normalized spacial score (nSPS) is 15.1. The van der Waals surface area contributed by atoms with Crippen molar-refractivity contribution >= 4 is 22.8 Å². The molecule has 0 bridgehead atoms. The third-order valence-corrected chi connectivity index (χ3v) is 4.97. The number of ether oxygens (including phenoxy) is 1. The standard InChI is InChI=1S/C21H21N3O3/c1-14-6-2-5-9-18(14)27-20-19(22-16-7-3-4-8-17(16)23-20)24-12-10-15(11-13-24)21(25)26/h2-9,15H,10-13H2,1H3,(H,25,26). The van der Waals surface area contributed by atoms with Crippen molar-refractivity contribution in [3.05, 3.63) is 54.1 Å². The first-order valence-electron chi connectivity index (χ1n) is 9.10. The largest absolute Gasteiger partial charge is 0.481 e. The maximum absolute atomic E-state index is 11.2. The topological polar surface area (TPSA) is 75.6 Å². The van der Waals surface area contributed by atoms with Crippen LogP contribution in [0.3, 0.4) is 0 Å². The molecule has 27 heavy (non-hydrogen) atoms. The Morgan fingerprint density at radius 2 is 1.67 bits per heavy atom. The molecule has 1 aliphatic rings. The molecule has 0 atom stereocenters. The monoisotopic (exact) mass is 363 g/mol. The van der Waals surface area contributed by atoms with E-state index in [1.54, 1.807) is 0 Å². The van der Waals surface area contributed by atoms with E-state index in [0.29, 0.717) is 37.6 Å². The van der Waals surface area contributed by atoms with Gasteiger partial charge in [-0.15, -0.1) is 0 Å². The minimum atomic E-state index is -0.726. The molecule has 1 fully saturated rings. The Balaban J connectivity index is 1.72. The summed E-state index contributed by atoms with van der Waals surface area (Å²) in [4.78, 5) is 22.8. The third-order valence-electron chi connectivity index (χ3n) is 4.97. The third kappa shape index (κ3) is 3.56. The van der Waals surface area contributed by atoms with E-state index in [4.69, 9.17) is 14.7 Å². The van der Waals surface area contributed by atoms with Crippen molar-refractivity contribution in [2.45, 2.75) is 19.8 Å². The molecule has 6 heteroatoms. The predicted octanol–water partition coefficient (Wildman–Crippen LogP) is 4.03. The number of anilines is 1. The van der Waals surface area contributed by atoms with Crippen molar-refractivity contribution in [2.75, 3.05) is 18.0 Å². The fourth-order valence-electron chi connectivity index (χ4n) is 3.36. The summed E-state index contributed by atoms with van der Waals surface area (Å²) in [5.74, 6) is 0.840. The molecule has 0 aliphatic carbocycles. The number of aliphatic carboxylic acids is 1. The first kappa shape index (κ1) is 17.3. The number of aryl methyl sites for hydroxylation is 1. The number of benzene rings is 2. The van der Waals surface area contributed by atoms with E-state index >= 15 is 0 Å². The number of fused-ring (bicyclic) bond motifs is 1. The van der Waals surface area contributed by atoms with Gasteiger partial charge in [-0.3, -0.25) is 4.79 Å². The van der Waals surface area contributed by atoms with Gasteiger partial charge in [0.15, 0.2) is 5.82 Å². The Bertz CT molecular complexity index is 981. The van der Waals surface area contributed by atoms with E-state index in [2.05, 4.69) is 4.90 Å². The Morgan fingerprint density at radius 3 is 2.33 bits per heavy atom. The average molecular weight is 363 g/mol. The number of aromatic nitrogens is 2. The number of carboxylic acids is 1. The van der Waals surface area contributed by atoms with Crippen LogP contribution < -0.4 is 9.64 Å². The molecule has 0 unspecified atom stereocenters. The Morgan fingerprint density at radius 1 is 1.04 bits per heavy atom. The quantitative estimate of drug-likeness (QED) is 0.754. The highest BCUT2D eigenvalue weighted by Crippen LogP contribution is 2.34. The molecule has 0 saturated carbocycles. The van der Waals surface area contributed by atoms with Gasteiger partial charge < -0.3 is 14.7 Å². The van der Waals surface area contributed by atoms with Gasteiger partial charge >= 0.3 is 5.97 Å². The maximum Gasteiger partial charge on any atom is 0.306 e. The number of piperidine rings is 1. The van der Waals surface area contributed by atoms with Crippen molar-refractivity contribution < 1.29 is 14.6 Å². The molecule has 2 aromatic carbocycles.